The molecule has 0 N–H and O–H groups in total. The van der Waals surface area contributed by atoms with Crippen LogP contribution in [0.5, 0.6) is 0 Å². The summed E-state index contributed by atoms with van der Waals surface area (Å²) in [5, 5.41) is 1.51. The van der Waals surface area contributed by atoms with Gasteiger partial charge in [-0.15, -0.1) is 4.28 Å². The van der Waals surface area contributed by atoms with Gasteiger partial charge >= 0.3 is 0 Å². The van der Waals surface area contributed by atoms with Crippen LogP contribution in [-0.2, 0) is 27.2 Å². The van der Waals surface area contributed by atoms with Crippen molar-refractivity contribution >= 4 is 33.3 Å². The molecule has 0 aromatic heterocycles. The molecular weight excluding hydrogens is 378 g/mol. The van der Waals surface area contributed by atoms with Gasteiger partial charge in [-0.05, 0) is 48.6 Å². The average molecular weight is 406 g/mol. The van der Waals surface area contributed by atoms with E-state index in [1.54, 1.807) is 11.8 Å². The number of benzene rings is 2. The Balaban J connectivity index is 2.10. The molecule has 1 aliphatic rings. The molecule has 0 atom stereocenters. The molecule has 0 unspecified atom stereocenters. The van der Waals surface area contributed by atoms with Crippen molar-refractivity contribution in [2.75, 3.05) is 10.8 Å². The van der Waals surface area contributed by atoms with E-state index in [-0.39, 0.29) is 5.75 Å². The Labute approximate surface area is 167 Å². The fourth-order valence-electron chi connectivity index (χ4n) is 3.29. The summed E-state index contributed by atoms with van der Waals surface area (Å²) >= 11 is 1.72. The number of fused-ring (bicyclic) bond motifs is 2. The van der Waals surface area contributed by atoms with Crippen molar-refractivity contribution in [3.05, 3.63) is 47.5 Å². The lowest BCUT2D eigenvalue weighted by atomic mass is 10.1. The lowest BCUT2D eigenvalue weighted by Gasteiger charge is -2.32. The molecule has 2 aromatic carbocycles. The van der Waals surface area contributed by atoms with Crippen molar-refractivity contribution in [1.29, 1.82) is 0 Å². The number of hydrogen-bond acceptors (Lipinski definition) is 5. The Morgan fingerprint density at radius 3 is 2.44 bits per heavy atom. The highest BCUT2D eigenvalue weighted by Gasteiger charge is 2.29. The number of nitrogens with zero attached hydrogens (tertiary/aromatic N) is 1. The first kappa shape index (κ1) is 20.2. The molecule has 0 fully saturated rings. The van der Waals surface area contributed by atoms with E-state index in [4.69, 9.17) is 4.28 Å². The zero-order valence-electron chi connectivity index (χ0n) is 16.2. The van der Waals surface area contributed by atoms with Gasteiger partial charge in [0.05, 0.1) is 17.1 Å². The fourth-order valence-corrected chi connectivity index (χ4v) is 5.49. The topological polar surface area (TPSA) is 46.6 Å². The van der Waals surface area contributed by atoms with Gasteiger partial charge in [0.1, 0.15) is 0 Å². The van der Waals surface area contributed by atoms with Crippen molar-refractivity contribution in [3.8, 4) is 0 Å². The second-order valence-corrected chi connectivity index (χ2v) is 9.53. The van der Waals surface area contributed by atoms with Crippen LogP contribution in [0.25, 0.3) is 0 Å². The molecule has 0 bridgehead atoms. The Hall–Kier alpha value is -1.50. The average Bonchev–Trinajstić information content (AvgIpc) is 2.62. The highest BCUT2D eigenvalue weighted by Crippen LogP contribution is 2.50. The Morgan fingerprint density at radius 2 is 1.74 bits per heavy atom. The van der Waals surface area contributed by atoms with E-state index in [0.29, 0.717) is 6.42 Å². The summed E-state index contributed by atoms with van der Waals surface area (Å²) in [6.45, 7) is 6.15. The van der Waals surface area contributed by atoms with E-state index in [1.165, 1.54) is 16.2 Å². The predicted octanol–water partition coefficient (Wildman–Crippen LogP) is 5.87. The Kier molecular flexibility index (Phi) is 6.50. The monoisotopic (exact) mass is 405 g/mol. The van der Waals surface area contributed by atoms with Crippen molar-refractivity contribution in [1.82, 2.24) is 0 Å². The van der Waals surface area contributed by atoms with Gasteiger partial charge in [-0.3, -0.25) is 0 Å². The highest BCUT2D eigenvalue weighted by atomic mass is 32.2. The maximum atomic E-state index is 12.4. The smallest absolute Gasteiger partial charge is 0.202 e. The molecule has 2 aromatic rings. The molecular formula is C21H27NO3S2. The van der Waals surface area contributed by atoms with Crippen molar-refractivity contribution in [2.24, 2.45) is 0 Å². The van der Waals surface area contributed by atoms with Gasteiger partial charge in [0.25, 0.3) is 10.1 Å². The standard InChI is InChI=1S/C21H27NO3S2/c1-4-8-16-12-13-18-20(15-16)26-21-17(9-5-2)10-7-11-19(21)22(18)25-27(23,24)14-6-3/h7,10-13,15H,4-6,8-9,14H2,1-3H3. The summed E-state index contributed by atoms with van der Waals surface area (Å²) in [7, 11) is -3.65. The van der Waals surface area contributed by atoms with E-state index in [0.717, 1.165) is 46.8 Å². The van der Waals surface area contributed by atoms with Gasteiger partial charge in [-0.2, -0.15) is 8.42 Å². The molecule has 0 radical (unpaired) electrons. The Bertz CT molecular complexity index is 910. The maximum Gasteiger partial charge on any atom is 0.288 e. The first-order valence-corrected chi connectivity index (χ1v) is 12.0. The van der Waals surface area contributed by atoms with Crippen molar-refractivity contribution in [2.45, 2.75) is 62.7 Å². The van der Waals surface area contributed by atoms with Crippen molar-refractivity contribution < 1.29 is 12.7 Å². The molecule has 0 saturated carbocycles. The number of rotatable bonds is 8. The normalized spacial score (nSPS) is 13.4. The van der Waals surface area contributed by atoms with Gasteiger partial charge in [-0.1, -0.05) is 63.6 Å². The van der Waals surface area contributed by atoms with Crippen LogP contribution in [0.2, 0.25) is 0 Å². The molecule has 3 rings (SSSR count). The zero-order chi connectivity index (χ0) is 19.4. The van der Waals surface area contributed by atoms with Crippen LogP contribution in [0.3, 0.4) is 0 Å². The van der Waals surface area contributed by atoms with Gasteiger partial charge in [0, 0.05) is 9.79 Å². The van der Waals surface area contributed by atoms with E-state index >= 15 is 0 Å². The number of aryl methyl sites for hydroxylation is 2. The van der Waals surface area contributed by atoms with Gasteiger partial charge in [0.15, 0.2) is 0 Å². The first-order valence-electron chi connectivity index (χ1n) is 9.64. The molecule has 27 heavy (non-hydrogen) atoms. The third kappa shape index (κ3) is 4.50. The summed E-state index contributed by atoms with van der Waals surface area (Å²) in [5.41, 5.74) is 4.09. The lowest BCUT2D eigenvalue weighted by Crippen LogP contribution is -2.27. The molecule has 1 heterocycles. The van der Waals surface area contributed by atoms with Crippen molar-refractivity contribution in [3.63, 3.8) is 0 Å². The summed E-state index contributed by atoms with van der Waals surface area (Å²) in [6.07, 6.45) is 4.60. The van der Waals surface area contributed by atoms with Crippen LogP contribution < -0.4 is 5.06 Å². The first-order chi connectivity index (χ1) is 13.0. The predicted molar refractivity (Wildman–Crippen MR) is 112 cm³/mol. The van der Waals surface area contributed by atoms with Gasteiger partial charge in [-0.25, -0.2) is 5.06 Å². The van der Waals surface area contributed by atoms with Crippen LogP contribution >= 0.6 is 11.8 Å². The van der Waals surface area contributed by atoms with Crippen LogP contribution in [0.15, 0.2) is 46.2 Å². The molecule has 1 aliphatic heterocycles. The van der Waals surface area contributed by atoms with Crippen LogP contribution in [0.4, 0.5) is 11.4 Å². The number of anilines is 2. The molecule has 0 spiro atoms. The minimum Gasteiger partial charge on any atom is -0.202 e. The van der Waals surface area contributed by atoms with Gasteiger partial charge in [0.2, 0.25) is 0 Å². The van der Waals surface area contributed by atoms with E-state index < -0.39 is 10.1 Å². The quantitative estimate of drug-likeness (QED) is 0.550. The minimum atomic E-state index is -3.65. The van der Waals surface area contributed by atoms with E-state index in [9.17, 15) is 8.42 Å². The highest BCUT2D eigenvalue weighted by molar-refractivity contribution is 7.99. The van der Waals surface area contributed by atoms with Gasteiger partial charge < -0.3 is 0 Å². The minimum absolute atomic E-state index is 0.00385. The second kappa shape index (κ2) is 8.67. The number of hydrogen-bond donors (Lipinski definition) is 0. The Morgan fingerprint density at radius 1 is 0.963 bits per heavy atom. The SMILES string of the molecule is CCCc1ccc2c(c1)Sc1c(CCC)cccc1N2OS(=O)(=O)CCC. The fraction of sp³-hybridized carbons (Fsp3) is 0.429. The molecule has 0 saturated heterocycles. The van der Waals surface area contributed by atoms with E-state index in [2.05, 4.69) is 32.0 Å². The third-order valence-electron chi connectivity index (χ3n) is 4.45. The summed E-state index contributed by atoms with van der Waals surface area (Å²) in [6, 6.07) is 12.2. The largest absolute Gasteiger partial charge is 0.288 e. The summed E-state index contributed by atoms with van der Waals surface area (Å²) in [5.74, 6) is 0.00385. The molecule has 4 nitrogen and oxygen atoms in total. The van der Waals surface area contributed by atoms with Crippen LogP contribution in [0.1, 0.15) is 51.2 Å². The van der Waals surface area contributed by atoms with E-state index in [1.807, 2.05) is 25.1 Å². The maximum absolute atomic E-state index is 12.4. The molecule has 6 heteroatoms. The lowest BCUT2D eigenvalue weighted by molar-refractivity contribution is 0.319. The third-order valence-corrected chi connectivity index (χ3v) is 6.96. The molecule has 146 valence electrons. The molecule has 0 aliphatic carbocycles. The zero-order valence-corrected chi connectivity index (χ0v) is 17.8. The molecule has 0 amide bonds. The summed E-state index contributed by atoms with van der Waals surface area (Å²) in [4.78, 5) is 2.14. The van der Waals surface area contributed by atoms with Crippen LogP contribution in [-0.4, -0.2) is 14.2 Å². The second-order valence-electron chi connectivity index (χ2n) is 6.80. The summed E-state index contributed by atoms with van der Waals surface area (Å²) < 4.78 is 30.5. The van der Waals surface area contributed by atoms with Crippen LogP contribution in [0, 0.1) is 0 Å².